The minimum Gasteiger partial charge on any atom is -0.439 e. The largest absolute Gasteiger partial charge is 0.439 e. The van der Waals surface area contributed by atoms with Gasteiger partial charge in [-0.05, 0) is 71.3 Å². The van der Waals surface area contributed by atoms with Crippen LogP contribution >= 0.6 is 11.3 Å². The number of ether oxygens (including phenoxy) is 2. The number of alkyl carbamates (subject to hydrolysis) is 1. The highest BCUT2D eigenvalue weighted by atomic mass is 32.1. The van der Waals surface area contributed by atoms with Gasteiger partial charge in [0.25, 0.3) is 0 Å². The van der Waals surface area contributed by atoms with Crippen molar-refractivity contribution in [2.75, 3.05) is 27.2 Å². The summed E-state index contributed by atoms with van der Waals surface area (Å²) in [6.07, 6.45) is 5.97. The Hall–Kier alpha value is -2.24. The molecule has 1 unspecified atom stereocenters. The second kappa shape index (κ2) is 16.2. The number of likely N-dealkylation sites (N-methyl/N-ethyl adjacent to an activating group) is 2. The Kier molecular flexibility index (Phi) is 13.3. The first-order chi connectivity index (χ1) is 20.5. The number of nitrogens with zero attached hydrogens (tertiary/aromatic N) is 3. The molecule has 0 aliphatic carbocycles. The molecule has 244 valence electrons. The van der Waals surface area contributed by atoms with Gasteiger partial charge in [0.1, 0.15) is 16.6 Å². The number of carbonyl (C=O) groups is 3. The lowest BCUT2D eigenvalue weighted by Crippen LogP contribution is -2.67. The molecule has 0 spiro atoms. The highest BCUT2D eigenvalue weighted by molar-refractivity contribution is 7.09. The molecule has 0 saturated carbocycles. The summed E-state index contributed by atoms with van der Waals surface area (Å²) in [6.45, 7) is 13.4. The predicted octanol–water partition coefficient (Wildman–Crippen LogP) is 5.28. The number of rotatable bonds is 15. The first-order valence-corrected chi connectivity index (χ1v) is 17.1. The molecule has 11 heteroatoms. The first kappa shape index (κ1) is 35.2. The molecule has 4 atom stereocenters. The van der Waals surface area contributed by atoms with E-state index in [1.54, 1.807) is 4.90 Å². The van der Waals surface area contributed by atoms with Crippen molar-refractivity contribution in [2.24, 2.45) is 11.8 Å². The van der Waals surface area contributed by atoms with Crippen LogP contribution in [0.2, 0.25) is 0 Å². The second-order valence-corrected chi connectivity index (χ2v) is 13.5. The molecule has 1 aromatic heterocycles. The highest BCUT2D eigenvalue weighted by Gasteiger charge is 2.50. The van der Waals surface area contributed by atoms with Gasteiger partial charge in [-0.15, -0.1) is 11.3 Å². The fourth-order valence-corrected chi connectivity index (χ4v) is 7.55. The van der Waals surface area contributed by atoms with Crippen molar-refractivity contribution in [3.05, 3.63) is 16.1 Å². The summed E-state index contributed by atoms with van der Waals surface area (Å²) in [5, 5.41) is 8.56. The molecule has 2 saturated heterocycles. The number of nitrogens with one attached hydrogen (secondary N) is 2. The Labute approximate surface area is 262 Å². The summed E-state index contributed by atoms with van der Waals surface area (Å²) in [5.41, 5.74) is 0.243. The van der Waals surface area contributed by atoms with Crippen molar-refractivity contribution in [3.63, 3.8) is 0 Å². The third-order valence-electron chi connectivity index (χ3n) is 9.61. The van der Waals surface area contributed by atoms with Gasteiger partial charge in [0.2, 0.25) is 11.8 Å². The van der Waals surface area contributed by atoms with Crippen LogP contribution in [0.4, 0.5) is 4.79 Å². The Morgan fingerprint density at radius 2 is 1.84 bits per heavy atom. The van der Waals surface area contributed by atoms with Gasteiger partial charge in [-0.1, -0.05) is 34.1 Å². The number of thiazole rings is 1. The molecule has 0 radical (unpaired) electrons. The van der Waals surface area contributed by atoms with E-state index in [0.717, 1.165) is 50.6 Å². The maximum atomic E-state index is 14.3. The lowest BCUT2D eigenvalue weighted by molar-refractivity contribution is -0.148. The maximum Gasteiger partial charge on any atom is 0.407 e. The van der Waals surface area contributed by atoms with E-state index < -0.39 is 23.8 Å². The Bertz CT molecular complexity index is 1050. The molecule has 3 heterocycles. The minimum atomic E-state index is -0.644. The first-order valence-electron chi connectivity index (χ1n) is 16.3. The van der Waals surface area contributed by atoms with Crippen LogP contribution in [0.1, 0.15) is 110 Å². The third kappa shape index (κ3) is 8.48. The van der Waals surface area contributed by atoms with Gasteiger partial charge < -0.3 is 25.0 Å². The summed E-state index contributed by atoms with van der Waals surface area (Å²) in [4.78, 5) is 49.6. The van der Waals surface area contributed by atoms with Crippen LogP contribution in [0.5, 0.6) is 0 Å². The number of amides is 3. The van der Waals surface area contributed by atoms with Gasteiger partial charge in [0.05, 0.1) is 12.3 Å². The molecular weight excluding hydrogens is 566 g/mol. The second-order valence-electron chi connectivity index (χ2n) is 12.7. The zero-order valence-corrected chi connectivity index (χ0v) is 28.4. The van der Waals surface area contributed by atoms with E-state index in [1.807, 2.05) is 33.2 Å². The molecule has 1 aromatic rings. The standard InChI is InChI=1S/C32H55N5O5S/c1-9-22(6)27(35-30(39)32-16-12-14-24(37(32)8)15-13-17-32)29(38)36(7)25(21(4)5)18-26(42-31(40)33-10-2)28-34-23(20-43-28)19-41-11-3/h20-22,24-27H,9-19H2,1-8H3,(H,33,40)(H,35,39)/t22?,24?,25-,26-,27+,32?/m1/s1. The average Bonchev–Trinajstić information content (AvgIpc) is 3.44. The lowest BCUT2D eigenvalue weighted by atomic mass is 9.73. The molecule has 3 amide bonds. The SMILES string of the molecule is CCNC(=O)O[C@H](C[C@H](C(C)C)N(C)C(=O)[C@@H](NC(=O)C12CCCC(CCC1)N2C)C(C)CC)c1nc(COCC)cs1. The zero-order chi connectivity index (χ0) is 31.7. The van der Waals surface area contributed by atoms with Crippen molar-refractivity contribution in [3.8, 4) is 0 Å². The number of carbonyl (C=O) groups excluding carboxylic acids is 3. The van der Waals surface area contributed by atoms with Crippen LogP contribution in [-0.2, 0) is 25.7 Å². The number of hydrogen-bond donors (Lipinski definition) is 2. The van der Waals surface area contributed by atoms with Gasteiger partial charge in [0, 0.05) is 44.1 Å². The molecule has 10 nitrogen and oxygen atoms in total. The normalized spacial score (nSPS) is 23.2. The van der Waals surface area contributed by atoms with Gasteiger partial charge in [-0.3, -0.25) is 14.5 Å². The third-order valence-corrected chi connectivity index (χ3v) is 10.6. The summed E-state index contributed by atoms with van der Waals surface area (Å²) >= 11 is 1.43. The Balaban J connectivity index is 1.84. The molecule has 2 bridgehead atoms. The summed E-state index contributed by atoms with van der Waals surface area (Å²) in [5.74, 6) is -0.113. The van der Waals surface area contributed by atoms with Crippen LogP contribution in [-0.4, -0.2) is 83.6 Å². The molecule has 0 aromatic carbocycles. The van der Waals surface area contributed by atoms with E-state index in [4.69, 9.17) is 14.5 Å². The molecular formula is C32H55N5O5S. The molecule has 43 heavy (non-hydrogen) atoms. The Morgan fingerprint density at radius 1 is 1.16 bits per heavy atom. The predicted molar refractivity (Wildman–Crippen MR) is 170 cm³/mol. The molecule has 2 N–H and O–H groups in total. The smallest absolute Gasteiger partial charge is 0.407 e. The molecule has 2 fully saturated rings. The zero-order valence-electron chi connectivity index (χ0n) is 27.6. The van der Waals surface area contributed by atoms with Gasteiger partial charge in [0.15, 0.2) is 6.10 Å². The summed E-state index contributed by atoms with van der Waals surface area (Å²) < 4.78 is 11.4. The van der Waals surface area contributed by atoms with Crippen molar-refractivity contribution in [1.82, 2.24) is 25.4 Å². The number of hydrogen-bond acceptors (Lipinski definition) is 8. The fraction of sp³-hybridized carbons (Fsp3) is 0.812. The van der Waals surface area contributed by atoms with Gasteiger partial charge in [-0.25, -0.2) is 9.78 Å². The number of fused-ring (bicyclic) bond motifs is 2. The monoisotopic (exact) mass is 621 g/mol. The van der Waals surface area contributed by atoms with Crippen LogP contribution in [0, 0.1) is 11.8 Å². The van der Waals surface area contributed by atoms with Crippen LogP contribution in [0.3, 0.4) is 0 Å². The van der Waals surface area contributed by atoms with Crippen LogP contribution in [0.15, 0.2) is 5.38 Å². The van der Waals surface area contributed by atoms with Crippen LogP contribution < -0.4 is 10.6 Å². The van der Waals surface area contributed by atoms with E-state index in [0.29, 0.717) is 37.2 Å². The van der Waals surface area contributed by atoms with E-state index in [2.05, 4.69) is 43.4 Å². The summed E-state index contributed by atoms with van der Waals surface area (Å²) in [7, 11) is 3.89. The van der Waals surface area contributed by atoms with Crippen LogP contribution in [0.25, 0.3) is 0 Å². The van der Waals surface area contributed by atoms with E-state index in [-0.39, 0.29) is 29.7 Å². The maximum absolute atomic E-state index is 14.3. The van der Waals surface area contributed by atoms with Gasteiger partial charge >= 0.3 is 6.09 Å². The van der Waals surface area contributed by atoms with E-state index >= 15 is 0 Å². The van der Waals surface area contributed by atoms with Gasteiger partial charge in [-0.2, -0.15) is 0 Å². The van der Waals surface area contributed by atoms with Crippen molar-refractivity contribution >= 4 is 29.2 Å². The average molecular weight is 622 g/mol. The topological polar surface area (TPSA) is 113 Å². The minimum absolute atomic E-state index is 0.0189. The molecule has 3 rings (SSSR count). The fourth-order valence-electron chi connectivity index (χ4n) is 6.70. The highest BCUT2D eigenvalue weighted by Crippen LogP contribution is 2.41. The van der Waals surface area contributed by atoms with Crippen molar-refractivity contribution in [2.45, 2.75) is 129 Å². The number of piperidine rings is 2. The van der Waals surface area contributed by atoms with E-state index in [1.165, 1.54) is 11.3 Å². The lowest BCUT2D eigenvalue weighted by Gasteiger charge is -2.52. The summed E-state index contributed by atoms with van der Waals surface area (Å²) in [6, 6.07) is -0.473. The molecule has 2 aliphatic rings. The quantitative estimate of drug-likeness (QED) is 0.274. The number of aromatic nitrogens is 1. The van der Waals surface area contributed by atoms with Crippen molar-refractivity contribution < 1.29 is 23.9 Å². The molecule has 2 aliphatic heterocycles. The Morgan fingerprint density at radius 3 is 2.42 bits per heavy atom. The van der Waals surface area contributed by atoms with E-state index in [9.17, 15) is 14.4 Å². The van der Waals surface area contributed by atoms with Crippen molar-refractivity contribution in [1.29, 1.82) is 0 Å².